The fraction of sp³-hybridized carbons (Fsp3) is 0.421. The van der Waals surface area contributed by atoms with Gasteiger partial charge in [0.25, 0.3) is 0 Å². The normalized spacial score (nSPS) is 15.9. The van der Waals surface area contributed by atoms with Crippen molar-refractivity contribution >= 4 is 17.4 Å². The van der Waals surface area contributed by atoms with Crippen molar-refractivity contribution in [1.29, 1.82) is 0 Å². The average molecular weight is 340 g/mol. The Balaban J connectivity index is 1.54. The minimum absolute atomic E-state index is 0.0770. The Morgan fingerprint density at radius 1 is 1.12 bits per heavy atom. The van der Waals surface area contributed by atoms with Crippen LogP contribution in [0.4, 0.5) is 5.69 Å². The van der Waals surface area contributed by atoms with Crippen molar-refractivity contribution in [3.8, 4) is 0 Å². The molecule has 2 aromatic rings. The van der Waals surface area contributed by atoms with E-state index < -0.39 is 0 Å². The summed E-state index contributed by atoms with van der Waals surface area (Å²) in [5.74, 6) is 0.177. The van der Waals surface area contributed by atoms with Gasteiger partial charge in [0.1, 0.15) is 0 Å². The van der Waals surface area contributed by atoms with E-state index in [-0.39, 0.29) is 17.6 Å². The zero-order chi connectivity index (χ0) is 17.8. The molecule has 1 aliphatic rings. The Morgan fingerprint density at radius 2 is 1.80 bits per heavy atom. The van der Waals surface area contributed by atoms with Gasteiger partial charge in [-0.2, -0.15) is 5.10 Å². The molecule has 6 heteroatoms. The van der Waals surface area contributed by atoms with Crippen LogP contribution in [0.3, 0.4) is 0 Å². The number of rotatable bonds is 5. The predicted octanol–water partition coefficient (Wildman–Crippen LogP) is 2.07. The summed E-state index contributed by atoms with van der Waals surface area (Å²) in [6, 6.07) is 9.55. The number of nitrogens with zero attached hydrogens (tertiary/aromatic N) is 4. The van der Waals surface area contributed by atoms with Crippen molar-refractivity contribution in [2.24, 2.45) is 5.92 Å². The first-order chi connectivity index (χ1) is 12.0. The summed E-state index contributed by atoms with van der Waals surface area (Å²) < 4.78 is 1.80. The Morgan fingerprint density at radius 3 is 2.36 bits per heavy atom. The number of Topliss-reactive ketones (excluding diaryl/α,β-unsaturated/α-hetero) is 1. The molecule has 25 heavy (non-hydrogen) atoms. The van der Waals surface area contributed by atoms with Crippen LogP contribution in [0.25, 0.3) is 0 Å². The minimum Gasteiger partial charge on any atom is -0.368 e. The van der Waals surface area contributed by atoms with Gasteiger partial charge in [0, 0.05) is 49.8 Å². The lowest BCUT2D eigenvalue weighted by Gasteiger charge is -2.37. The molecule has 3 rings (SSSR count). The predicted molar refractivity (Wildman–Crippen MR) is 96.6 cm³/mol. The fourth-order valence-corrected chi connectivity index (χ4v) is 3.17. The maximum absolute atomic E-state index is 12.6. The number of hydrogen-bond acceptors (Lipinski definition) is 4. The Labute approximate surface area is 148 Å². The van der Waals surface area contributed by atoms with Crippen LogP contribution in [-0.2, 0) is 11.3 Å². The van der Waals surface area contributed by atoms with Gasteiger partial charge in [-0.05, 0) is 37.3 Å². The van der Waals surface area contributed by atoms with Gasteiger partial charge < -0.3 is 9.80 Å². The highest BCUT2D eigenvalue weighted by Gasteiger charge is 2.25. The van der Waals surface area contributed by atoms with Crippen LogP contribution < -0.4 is 4.90 Å². The van der Waals surface area contributed by atoms with Crippen LogP contribution in [-0.4, -0.2) is 52.5 Å². The van der Waals surface area contributed by atoms with Crippen molar-refractivity contribution in [1.82, 2.24) is 14.7 Å². The average Bonchev–Trinajstić information content (AvgIpc) is 3.14. The molecular weight excluding hydrogens is 316 g/mol. The third kappa shape index (κ3) is 4.07. The first kappa shape index (κ1) is 17.2. The molecule has 0 N–H and O–H groups in total. The molecular formula is C19H24N4O2. The number of piperazine rings is 1. The molecule has 1 aromatic carbocycles. The minimum atomic E-state index is -0.0821. The number of amides is 1. The van der Waals surface area contributed by atoms with E-state index in [4.69, 9.17) is 0 Å². The van der Waals surface area contributed by atoms with Crippen molar-refractivity contribution in [3.63, 3.8) is 0 Å². The van der Waals surface area contributed by atoms with Crippen molar-refractivity contribution < 1.29 is 9.59 Å². The lowest BCUT2D eigenvalue weighted by Crippen LogP contribution is -2.50. The zero-order valence-electron chi connectivity index (χ0n) is 14.8. The third-order valence-corrected chi connectivity index (χ3v) is 4.67. The monoisotopic (exact) mass is 340 g/mol. The number of carbonyl (C=O) groups excluding carboxylic acids is 2. The van der Waals surface area contributed by atoms with Crippen molar-refractivity contribution in [2.45, 2.75) is 20.4 Å². The molecule has 0 bridgehead atoms. The summed E-state index contributed by atoms with van der Waals surface area (Å²) in [5, 5.41) is 4.17. The van der Waals surface area contributed by atoms with Gasteiger partial charge in [-0.15, -0.1) is 0 Å². The van der Waals surface area contributed by atoms with Gasteiger partial charge in [-0.1, -0.05) is 6.92 Å². The molecule has 0 unspecified atom stereocenters. The van der Waals surface area contributed by atoms with E-state index in [0.29, 0.717) is 6.54 Å². The van der Waals surface area contributed by atoms with E-state index in [1.165, 1.54) is 0 Å². The van der Waals surface area contributed by atoms with Crippen molar-refractivity contribution in [3.05, 3.63) is 48.3 Å². The number of anilines is 1. The van der Waals surface area contributed by atoms with Crippen LogP contribution >= 0.6 is 0 Å². The van der Waals surface area contributed by atoms with Crippen LogP contribution in [0.2, 0.25) is 0 Å². The molecule has 132 valence electrons. The second-order valence-electron chi connectivity index (χ2n) is 6.54. The van der Waals surface area contributed by atoms with Gasteiger partial charge in [0.05, 0.1) is 12.5 Å². The highest BCUT2D eigenvalue weighted by molar-refractivity contribution is 5.94. The first-order valence-electron chi connectivity index (χ1n) is 8.67. The lowest BCUT2D eigenvalue weighted by atomic mass is 10.1. The Hall–Kier alpha value is -2.63. The number of hydrogen-bond donors (Lipinski definition) is 0. The van der Waals surface area contributed by atoms with E-state index >= 15 is 0 Å². The molecule has 0 spiro atoms. The smallest absolute Gasteiger partial charge is 0.227 e. The number of benzene rings is 1. The standard InChI is InChI=1S/C19H24N4O2/c1-15(14-23-9-3-8-20-23)19(25)22-12-10-21(11-13-22)18-6-4-17(5-7-18)16(2)24/h3-9,15H,10-14H2,1-2H3/t15-/m1/s1. The lowest BCUT2D eigenvalue weighted by molar-refractivity contribution is -0.135. The molecule has 1 aromatic heterocycles. The highest BCUT2D eigenvalue weighted by Crippen LogP contribution is 2.18. The maximum atomic E-state index is 12.6. The largest absolute Gasteiger partial charge is 0.368 e. The van der Waals surface area contributed by atoms with Gasteiger partial charge in [0.15, 0.2) is 5.78 Å². The maximum Gasteiger partial charge on any atom is 0.227 e. The molecule has 0 saturated carbocycles. The highest BCUT2D eigenvalue weighted by atomic mass is 16.2. The number of ketones is 1. The van der Waals surface area contributed by atoms with E-state index in [1.807, 2.05) is 48.4 Å². The van der Waals surface area contributed by atoms with Gasteiger partial charge >= 0.3 is 0 Å². The zero-order valence-corrected chi connectivity index (χ0v) is 14.8. The van der Waals surface area contributed by atoms with Crippen LogP contribution in [0.5, 0.6) is 0 Å². The quantitative estimate of drug-likeness (QED) is 0.782. The van der Waals surface area contributed by atoms with Crippen LogP contribution in [0.1, 0.15) is 24.2 Å². The molecule has 1 aliphatic heterocycles. The summed E-state index contributed by atoms with van der Waals surface area (Å²) >= 11 is 0. The number of carbonyl (C=O) groups is 2. The molecule has 6 nitrogen and oxygen atoms in total. The molecule has 1 saturated heterocycles. The topological polar surface area (TPSA) is 58.4 Å². The van der Waals surface area contributed by atoms with Crippen LogP contribution in [0, 0.1) is 5.92 Å². The molecule has 0 aliphatic carbocycles. The number of aromatic nitrogens is 2. The summed E-state index contributed by atoms with van der Waals surface area (Å²) in [4.78, 5) is 28.2. The summed E-state index contributed by atoms with van der Waals surface area (Å²) in [7, 11) is 0. The first-order valence-corrected chi connectivity index (χ1v) is 8.67. The second-order valence-corrected chi connectivity index (χ2v) is 6.54. The van der Waals surface area contributed by atoms with Crippen molar-refractivity contribution in [2.75, 3.05) is 31.1 Å². The Bertz CT molecular complexity index is 716. The second kappa shape index (κ2) is 7.51. The van der Waals surface area contributed by atoms with E-state index in [0.717, 1.165) is 37.4 Å². The fourth-order valence-electron chi connectivity index (χ4n) is 3.17. The van der Waals surface area contributed by atoms with E-state index in [1.54, 1.807) is 17.8 Å². The SMILES string of the molecule is CC(=O)c1ccc(N2CCN(C(=O)[C@H](C)Cn3cccn3)CC2)cc1. The molecule has 1 atom stereocenters. The van der Waals surface area contributed by atoms with Gasteiger partial charge in [-0.25, -0.2) is 0 Å². The molecule has 1 amide bonds. The summed E-state index contributed by atoms with van der Waals surface area (Å²) in [6.45, 7) is 7.19. The van der Waals surface area contributed by atoms with Gasteiger partial charge in [0.2, 0.25) is 5.91 Å². The van der Waals surface area contributed by atoms with E-state index in [9.17, 15) is 9.59 Å². The molecule has 0 radical (unpaired) electrons. The molecule has 2 heterocycles. The Kier molecular flexibility index (Phi) is 5.16. The summed E-state index contributed by atoms with van der Waals surface area (Å²) in [6.07, 6.45) is 3.61. The summed E-state index contributed by atoms with van der Waals surface area (Å²) in [5.41, 5.74) is 1.83. The van der Waals surface area contributed by atoms with Gasteiger partial charge in [-0.3, -0.25) is 14.3 Å². The van der Waals surface area contributed by atoms with Crippen LogP contribution in [0.15, 0.2) is 42.7 Å². The molecule has 1 fully saturated rings. The van der Waals surface area contributed by atoms with E-state index in [2.05, 4.69) is 10.00 Å². The third-order valence-electron chi connectivity index (χ3n) is 4.67.